The fourth-order valence-corrected chi connectivity index (χ4v) is 3.04. The van der Waals surface area contributed by atoms with Crippen molar-refractivity contribution in [2.24, 2.45) is 0 Å². The van der Waals surface area contributed by atoms with Crippen LogP contribution in [-0.4, -0.2) is 37.0 Å². The molecule has 0 unspecified atom stereocenters. The first-order chi connectivity index (χ1) is 13.3. The van der Waals surface area contributed by atoms with Crippen LogP contribution in [0.25, 0.3) is 5.69 Å². The van der Waals surface area contributed by atoms with Gasteiger partial charge >= 0.3 is 0 Å². The first kappa shape index (κ1) is 17.1. The second-order valence-electron chi connectivity index (χ2n) is 6.45. The number of hydrogen-bond acceptors (Lipinski definition) is 6. The Kier molecular flexibility index (Phi) is 5.04. The molecular formula is C19H20N6O2. The maximum absolute atomic E-state index is 12.3. The summed E-state index contributed by atoms with van der Waals surface area (Å²) in [6.07, 6.45) is 11.5. The topological polar surface area (TPSA) is 94.8 Å². The van der Waals surface area contributed by atoms with Gasteiger partial charge in [-0.1, -0.05) is 5.21 Å². The molecule has 1 aliphatic carbocycles. The predicted octanol–water partition coefficient (Wildman–Crippen LogP) is 2.31. The summed E-state index contributed by atoms with van der Waals surface area (Å²) in [5, 5.41) is 11.0. The highest BCUT2D eigenvalue weighted by Crippen LogP contribution is 2.22. The summed E-state index contributed by atoms with van der Waals surface area (Å²) in [5.41, 5.74) is 2.00. The standard InChI is InChI=1S/C19H20N6O2/c26-19(14-5-6-18(21-11-14)27-17-3-1-2-4-17)22-12-15-13-25(24-23-15)16-7-9-20-10-8-16/h5-11,13,17H,1-4,12H2,(H,22,26). The maximum atomic E-state index is 12.3. The van der Waals surface area contributed by atoms with Gasteiger partial charge in [-0.3, -0.25) is 9.78 Å². The molecule has 0 atom stereocenters. The van der Waals surface area contributed by atoms with E-state index in [1.165, 1.54) is 19.0 Å². The lowest BCUT2D eigenvalue weighted by atomic mass is 10.2. The fraction of sp³-hybridized carbons (Fsp3) is 0.316. The lowest BCUT2D eigenvalue weighted by Crippen LogP contribution is -2.23. The summed E-state index contributed by atoms with van der Waals surface area (Å²) in [4.78, 5) is 20.5. The zero-order chi connectivity index (χ0) is 18.5. The minimum atomic E-state index is -0.214. The number of carbonyl (C=O) groups excluding carboxylic acids is 1. The van der Waals surface area contributed by atoms with Crippen molar-refractivity contribution >= 4 is 5.91 Å². The molecule has 3 heterocycles. The van der Waals surface area contributed by atoms with Crippen LogP contribution in [0.5, 0.6) is 5.88 Å². The van der Waals surface area contributed by atoms with Crippen LogP contribution in [0.4, 0.5) is 0 Å². The second-order valence-corrected chi connectivity index (χ2v) is 6.45. The van der Waals surface area contributed by atoms with E-state index in [2.05, 4.69) is 25.6 Å². The molecule has 1 fully saturated rings. The quantitative estimate of drug-likeness (QED) is 0.721. The average Bonchev–Trinajstić information content (AvgIpc) is 3.39. The van der Waals surface area contributed by atoms with Crippen LogP contribution in [0.3, 0.4) is 0 Å². The van der Waals surface area contributed by atoms with Gasteiger partial charge in [-0.05, 0) is 43.9 Å². The molecule has 0 aliphatic heterocycles. The van der Waals surface area contributed by atoms with E-state index in [1.807, 2.05) is 12.1 Å². The maximum Gasteiger partial charge on any atom is 0.253 e. The summed E-state index contributed by atoms with van der Waals surface area (Å²) in [5.74, 6) is 0.354. The Balaban J connectivity index is 1.32. The highest BCUT2D eigenvalue weighted by atomic mass is 16.5. The lowest BCUT2D eigenvalue weighted by Gasteiger charge is -2.12. The number of aromatic nitrogens is 5. The van der Waals surface area contributed by atoms with Crippen molar-refractivity contribution in [3.63, 3.8) is 0 Å². The zero-order valence-electron chi connectivity index (χ0n) is 14.8. The van der Waals surface area contributed by atoms with Crippen LogP contribution in [-0.2, 0) is 6.54 Å². The summed E-state index contributed by atoms with van der Waals surface area (Å²) in [7, 11) is 0. The third-order valence-corrected chi connectivity index (χ3v) is 4.49. The summed E-state index contributed by atoms with van der Waals surface area (Å²) < 4.78 is 7.45. The Morgan fingerprint density at radius 3 is 2.74 bits per heavy atom. The largest absolute Gasteiger partial charge is 0.474 e. The fourth-order valence-electron chi connectivity index (χ4n) is 3.04. The number of rotatable bonds is 6. The third-order valence-electron chi connectivity index (χ3n) is 4.49. The normalized spacial score (nSPS) is 14.2. The van der Waals surface area contributed by atoms with E-state index in [0.717, 1.165) is 18.5 Å². The van der Waals surface area contributed by atoms with Gasteiger partial charge in [-0.2, -0.15) is 0 Å². The summed E-state index contributed by atoms with van der Waals surface area (Å²) >= 11 is 0. The predicted molar refractivity (Wildman–Crippen MR) is 97.4 cm³/mol. The summed E-state index contributed by atoms with van der Waals surface area (Å²) in [6.45, 7) is 0.282. The van der Waals surface area contributed by atoms with Crippen molar-refractivity contribution in [1.82, 2.24) is 30.3 Å². The first-order valence-electron chi connectivity index (χ1n) is 9.00. The monoisotopic (exact) mass is 364 g/mol. The van der Waals surface area contributed by atoms with Crippen LogP contribution in [0.2, 0.25) is 0 Å². The molecular weight excluding hydrogens is 344 g/mol. The Labute approximate surface area is 156 Å². The van der Waals surface area contributed by atoms with E-state index < -0.39 is 0 Å². The highest BCUT2D eigenvalue weighted by Gasteiger charge is 2.17. The van der Waals surface area contributed by atoms with E-state index in [1.54, 1.807) is 35.4 Å². The molecule has 138 valence electrons. The van der Waals surface area contributed by atoms with Gasteiger partial charge in [0.2, 0.25) is 5.88 Å². The number of hydrogen-bond donors (Lipinski definition) is 1. The van der Waals surface area contributed by atoms with Crippen LogP contribution < -0.4 is 10.1 Å². The molecule has 8 heteroatoms. The van der Waals surface area contributed by atoms with Crippen molar-refractivity contribution in [2.75, 3.05) is 0 Å². The van der Waals surface area contributed by atoms with E-state index >= 15 is 0 Å². The smallest absolute Gasteiger partial charge is 0.253 e. The van der Waals surface area contributed by atoms with Gasteiger partial charge in [0.05, 0.1) is 24.0 Å². The van der Waals surface area contributed by atoms with Crippen LogP contribution in [0.1, 0.15) is 41.7 Å². The summed E-state index contributed by atoms with van der Waals surface area (Å²) in [6, 6.07) is 7.13. The van der Waals surface area contributed by atoms with Crippen molar-refractivity contribution < 1.29 is 9.53 Å². The van der Waals surface area contributed by atoms with Crippen molar-refractivity contribution in [3.8, 4) is 11.6 Å². The Morgan fingerprint density at radius 1 is 1.19 bits per heavy atom. The van der Waals surface area contributed by atoms with Crippen LogP contribution >= 0.6 is 0 Å². The molecule has 1 N–H and O–H groups in total. The van der Waals surface area contributed by atoms with Crippen LogP contribution in [0.15, 0.2) is 49.1 Å². The van der Waals surface area contributed by atoms with Gasteiger partial charge in [0, 0.05) is 24.7 Å². The van der Waals surface area contributed by atoms with E-state index in [-0.39, 0.29) is 18.6 Å². The molecule has 0 aromatic carbocycles. The van der Waals surface area contributed by atoms with Crippen molar-refractivity contribution in [2.45, 2.75) is 38.3 Å². The van der Waals surface area contributed by atoms with Gasteiger partial charge in [0.15, 0.2) is 0 Å². The molecule has 0 bridgehead atoms. The average molecular weight is 364 g/mol. The molecule has 1 saturated carbocycles. The minimum Gasteiger partial charge on any atom is -0.474 e. The second kappa shape index (κ2) is 7.94. The number of nitrogens with zero attached hydrogens (tertiary/aromatic N) is 5. The van der Waals surface area contributed by atoms with Gasteiger partial charge in [-0.25, -0.2) is 9.67 Å². The molecule has 3 aromatic rings. The first-order valence-corrected chi connectivity index (χ1v) is 9.00. The molecule has 8 nitrogen and oxygen atoms in total. The van der Waals surface area contributed by atoms with E-state index in [0.29, 0.717) is 17.1 Å². The van der Waals surface area contributed by atoms with Gasteiger partial charge in [0.25, 0.3) is 5.91 Å². The number of pyridine rings is 2. The van der Waals surface area contributed by atoms with Gasteiger partial charge in [0.1, 0.15) is 11.8 Å². The third kappa shape index (κ3) is 4.28. The molecule has 1 amide bonds. The van der Waals surface area contributed by atoms with Crippen molar-refractivity contribution in [3.05, 3.63) is 60.3 Å². The minimum absolute atomic E-state index is 0.214. The number of carbonyl (C=O) groups is 1. The zero-order valence-corrected chi connectivity index (χ0v) is 14.8. The Morgan fingerprint density at radius 2 is 2.00 bits per heavy atom. The molecule has 0 spiro atoms. The Hall–Kier alpha value is -3.29. The SMILES string of the molecule is O=C(NCc1cn(-c2ccncc2)nn1)c1ccc(OC2CCCC2)nc1. The number of ether oxygens (including phenoxy) is 1. The molecule has 1 aliphatic rings. The molecule has 3 aromatic heterocycles. The number of amides is 1. The molecule has 0 radical (unpaired) electrons. The van der Waals surface area contributed by atoms with E-state index in [9.17, 15) is 4.79 Å². The Bertz CT molecular complexity index is 888. The van der Waals surface area contributed by atoms with Crippen LogP contribution in [0, 0.1) is 0 Å². The molecule has 27 heavy (non-hydrogen) atoms. The molecule has 4 rings (SSSR count). The van der Waals surface area contributed by atoms with Gasteiger partial charge < -0.3 is 10.1 Å². The number of nitrogens with one attached hydrogen (secondary N) is 1. The van der Waals surface area contributed by atoms with Crippen molar-refractivity contribution in [1.29, 1.82) is 0 Å². The molecule has 0 saturated heterocycles. The van der Waals surface area contributed by atoms with E-state index in [4.69, 9.17) is 4.74 Å². The lowest BCUT2D eigenvalue weighted by molar-refractivity contribution is 0.0950. The van der Waals surface area contributed by atoms with Gasteiger partial charge in [-0.15, -0.1) is 5.10 Å². The highest BCUT2D eigenvalue weighted by molar-refractivity contribution is 5.93.